The van der Waals surface area contributed by atoms with E-state index in [2.05, 4.69) is 46.1 Å². The molecule has 4 aliphatic rings. The van der Waals surface area contributed by atoms with E-state index in [9.17, 15) is 0 Å². The van der Waals surface area contributed by atoms with Crippen molar-refractivity contribution in [3.63, 3.8) is 0 Å². The first-order valence-corrected chi connectivity index (χ1v) is 10.6. The Labute approximate surface area is 160 Å². The number of nitrogens with one attached hydrogen (secondary N) is 2. The summed E-state index contributed by atoms with van der Waals surface area (Å²) in [5.41, 5.74) is 1.59. The first-order chi connectivity index (χ1) is 13.3. The maximum absolute atomic E-state index is 5.74. The van der Waals surface area contributed by atoms with Crippen LogP contribution in [0.1, 0.15) is 61.2 Å². The smallest absolute Gasteiger partial charge is 0.229 e. The molecule has 2 N–H and O–H groups in total. The number of benzene rings is 1. The second kappa shape index (κ2) is 6.14. The maximum atomic E-state index is 5.74. The molecule has 6 rings (SSSR count). The third kappa shape index (κ3) is 2.92. The molecule has 1 saturated heterocycles. The third-order valence-corrected chi connectivity index (χ3v) is 7.49. The van der Waals surface area contributed by atoms with Crippen molar-refractivity contribution in [1.29, 1.82) is 0 Å². The predicted octanol–water partition coefficient (Wildman–Crippen LogP) is 2.96. The Kier molecular flexibility index (Phi) is 3.70. The average Bonchev–Trinajstić information content (AvgIpc) is 3.46. The molecule has 5 atom stereocenters. The van der Waals surface area contributed by atoms with E-state index in [1.165, 1.54) is 50.8 Å². The van der Waals surface area contributed by atoms with Gasteiger partial charge >= 0.3 is 0 Å². The lowest BCUT2D eigenvalue weighted by Crippen LogP contribution is -2.30. The van der Waals surface area contributed by atoms with E-state index in [-0.39, 0.29) is 5.41 Å². The molecule has 3 aliphatic carbocycles. The van der Waals surface area contributed by atoms with Crippen molar-refractivity contribution >= 4 is 0 Å². The highest BCUT2D eigenvalue weighted by Gasteiger charge is 2.51. The van der Waals surface area contributed by atoms with E-state index in [0.29, 0.717) is 17.9 Å². The van der Waals surface area contributed by atoms with Gasteiger partial charge in [-0.25, -0.2) is 0 Å². The quantitative estimate of drug-likeness (QED) is 0.825. The normalized spacial score (nSPS) is 35.9. The first kappa shape index (κ1) is 16.3. The molecule has 4 fully saturated rings. The van der Waals surface area contributed by atoms with E-state index in [0.717, 1.165) is 30.1 Å². The fraction of sp³-hybridized carbons (Fsp3) is 0.636. The van der Waals surface area contributed by atoms with E-state index < -0.39 is 0 Å². The second-order valence-electron chi connectivity index (χ2n) is 9.32. The molecule has 0 radical (unpaired) electrons. The van der Waals surface area contributed by atoms with Crippen molar-refractivity contribution in [2.75, 3.05) is 19.6 Å². The van der Waals surface area contributed by atoms with E-state index in [4.69, 9.17) is 9.51 Å². The summed E-state index contributed by atoms with van der Waals surface area (Å²) in [5, 5.41) is 11.7. The lowest BCUT2D eigenvalue weighted by Gasteiger charge is -2.12. The van der Waals surface area contributed by atoms with Crippen molar-refractivity contribution in [1.82, 2.24) is 20.8 Å². The van der Waals surface area contributed by atoms with Crippen LogP contribution in [-0.4, -0.2) is 35.8 Å². The number of hydrogen-bond acceptors (Lipinski definition) is 5. The van der Waals surface area contributed by atoms with Crippen LogP contribution in [0.3, 0.4) is 0 Å². The molecule has 1 aliphatic heterocycles. The fourth-order valence-corrected chi connectivity index (χ4v) is 5.43. The molecule has 27 heavy (non-hydrogen) atoms. The zero-order valence-corrected chi connectivity index (χ0v) is 15.7. The molecule has 142 valence electrons. The minimum atomic E-state index is 0.127. The van der Waals surface area contributed by atoms with Crippen LogP contribution in [0, 0.1) is 11.8 Å². The van der Waals surface area contributed by atoms with Crippen LogP contribution in [0.4, 0.5) is 0 Å². The topological polar surface area (TPSA) is 63.0 Å². The van der Waals surface area contributed by atoms with Crippen molar-refractivity contribution in [2.45, 2.75) is 55.4 Å². The van der Waals surface area contributed by atoms with Crippen molar-refractivity contribution < 1.29 is 4.52 Å². The number of rotatable bonds is 6. The lowest BCUT2D eigenvalue weighted by molar-refractivity contribution is 0.340. The van der Waals surface area contributed by atoms with Crippen LogP contribution >= 0.6 is 0 Å². The summed E-state index contributed by atoms with van der Waals surface area (Å²) in [4.78, 5) is 4.89. The zero-order chi connectivity index (χ0) is 17.8. The molecule has 5 heteroatoms. The van der Waals surface area contributed by atoms with Gasteiger partial charge in [0.2, 0.25) is 5.89 Å². The van der Waals surface area contributed by atoms with Crippen molar-refractivity contribution in [3.05, 3.63) is 47.6 Å². The third-order valence-electron chi connectivity index (χ3n) is 7.49. The minimum Gasteiger partial charge on any atom is -0.339 e. The van der Waals surface area contributed by atoms with Crippen LogP contribution in [-0.2, 0) is 5.41 Å². The molecule has 0 unspecified atom stereocenters. The van der Waals surface area contributed by atoms with E-state index in [1.807, 2.05) is 0 Å². The summed E-state index contributed by atoms with van der Waals surface area (Å²) in [5.74, 6) is 4.64. The molecule has 1 aromatic heterocycles. The Balaban J connectivity index is 1.08. The Morgan fingerprint density at radius 3 is 2.59 bits per heavy atom. The fourth-order valence-electron chi connectivity index (χ4n) is 5.43. The number of hydrogen-bond donors (Lipinski definition) is 2. The van der Waals surface area contributed by atoms with Gasteiger partial charge in [-0.05, 0) is 62.6 Å². The van der Waals surface area contributed by atoms with Gasteiger partial charge in [0.25, 0.3) is 0 Å². The molecular weight excluding hydrogens is 336 g/mol. The van der Waals surface area contributed by atoms with Gasteiger partial charge in [0.15, 0.2) is 5.82 Å². The monoisotopic (exact) mass is 364 g/mol. The molecule has 0 bridgehead atoms. The molecule has 0 amide bonds. The number of aromatic nitrogens is 2. The molecular formula is C22H28N4O. The van der Waals surface area contributed by atoms with Crippen molar-refractivity contribution in [3.8, 4) is 0 Å². The summed E-state index contributed by atoms with van der Waals surface area (Å²) in [7, 11) is 0. The van der Waals surface area contributed by atoms with Gasteiger partial charge < -0.3 is 15.2 Å². The maximum Gasteiger partial charge on any atom is 0.229 e. The van der Waals surface area contributed by atoms with Crippen LogP contribution in [0.15, 0.2) is 34.9 Å². The highest BCUT2D eigenvalue weighted by atomic mass is 16.5. The van der Waals surface area contributed by atoms with Crippen LogP contribution in [0.2, 0.25) is 0 Å². The number of nitrogens with zero attached hydrogens (tertiary/aromatic N) is 2. The molecule has 3 saturated carbocycles. The summed E-state index contributed by atoms with van der Waals surface area (Å²) >= 11 is 0. The first-order valence-electron chi connectivity index (χ1n) is 10.6. The minimum absolute atomic E-state index is 0.127. The highest BCUT2D eigenvalue weighted by Crippen LogP contribution is 2.49. The molecule has 5 nitrogen and oxygen atoms in total. The van der Waals surface area contributed by atoms with Crippen LogP contribution in [0.5, 0.6) is 0 Å². The SMILES string of the molecule is c1ccc([C@@H]2C[C@H]2NCC2(c3noc([C@@H]4C[C@H]5CNC[C@H]5C4)n3)CC2)cc1. The summed E-state index contributed by atoms with van der Waals surface area (Å²) in [6.07, 6.45) is 6.04. The highest BCUT2D eigenvalue weighted by molar-refractivity contribution is 5.28. The molecule has 1 aromatic carbocycles. The van der Waals surface area contributed by atoms with Gasteiger partial charge in [0.05, 0.1) is 0 Å². The van der Waals surface area contributed by atoms with Crippen LogP contribution < -0.4 is 10.6 Å². The average molecular weight is 364 g/mol. The van der Waals surface area contributed by atoms with E-state index in [1.54, 1.807) is 0 Å². The van der Waals surface area contributed by atoms with Gasteiger partial charge in [-0.1, -0.05) is 35.5 Å². The Morgan fingerprint density at radius 1 is 1.07 bits per heavy atom. The summed E-state index contributed by atoms with van der Waals surface area (Å²) < 4.78 is 5.74. The zero-order valence-electron chi connectivity index (χ0n) is 15.7. The lowest BCUT2D eigenvalue weighted by atomic mass is 10.0. The van der Waals surface area contributed by atoms with Gasteiger partial charge in [-0.3, -0.25) is 0 Å². The Hall–Kier alpha value is -1.72. The van der Waals surface area contributed by atoms with Gasteiger partial charge in [-0.2, -0.15) is 4.98 Å². The van der Waals surface area contributed by atoms with Gasteiger partial charge in [-0.15, -0.1) is 0 Å². The Morgan fingerprint density at radius 2 is 1.85 bits per heavy atom. The molecule has 0 spiro atoms. The predicted molar refractivity (Wildman–Crippen MR) is 103 cm³/mol. The van der Waals surface area contributed by atoms with E-state index >= 15 is 0 Å². The summed E-state index contributed by atoms with van der Waals surface area (Å²) in [6.45, 7) is 3.32. The van der Waals surface area contributed by atoms with Crippen molar-refractivity contribution in [2.24, 2.45) is 11.8 Å². The van der Waals surface area contributed by atoms with Gasteiger partial charge in [0.1, 0.15) is 0 Å². The largest absolute Gasteiger partial charge is 0.339 e. The summed E-state index contributed by atoms with van der Waals surface area (Å²) in [6, 6.07) is 11.5. The number of fused-ring (bicyclic) bond motifs is 1. The standard InChI is InChI=1S/C22H28N4O/c1-2-4-14(5-3-1)18-10-19(18)24-13-22(6-7-22)21-25-20(27-26-21)15-8-16-11-23-12-17(16)9-15/h1-5,15-19,23-24H,6-13H2/t15-,16+,17-,18-,19+/m0/s1. The second-order valence-corrected chi connectivity index (χ2v) is 9.32. The Bertz CT molecular complexity index is 803. The molecule has 2 heterocycles. The van der Waals surface area contributed by atoms with Gasteiger partial charge in [0, 0.05) is 29.8 Å². The molecule has 2 aromatic rings. The van der Waals surface area contributed by atoms with Crippen LogP contribution in [0.25, 0.3) is 0 Å².